The second-order valence-electron chi connectivity index (χ2n) is 4.41. The van der Waals surface area contributed by atoms with Crippen LogP contribution in [0, 0.1) is 0 Å². The molecule has 0 fully saturated rings. The van der Waals surface area contributed by atoms with Gasteiger partial charge in [0, 0.05) is 11.4 Å². The first-order valence-electron chi connectivity index (χ1n) is 6.73. The summed E-state index contributed by atoms with van der Waals surface area (Å²) in [4.78, 5) is 23.7. The Morgan fingerprint density at radius 2 is 1.90 bits per heavy atom. The zero-order valence-corrected chi connectivity index (χ0v) is 12.6. The fourth-order valence-electron chi connectivity index (χ4n) is 1.84. The van der Waals surface area contributed by atoms with E-state index in [1.165, 1.54) is 17.1 Å². The Labute approximate surface area is 127 Å². The van der Waals surface area contributed by atoms with Crippen LogP contribution >= 0.6 is 11.8 Å². The smallest absolute Gasteiger partial charge is 0.316 e. The van der Waals surface area contributed by atoms with Crippen LogP contribution in [0.3, 0.4) is 0 Å². The molecule has 0 atom stereocenters. The molecule has 2 rings (SSSR count). The monoisotopic (exact) mass is 303 g/mol. The van der Waals surface area contributed by atoms with E-state index in [4.69, 9.17) is 4.74 Å². The molecule has 1 amide bonds. The molecule has 0 aromatic heterocycles. The molecule has 2 aromatic carbocycles. The molecule has 0 saturated carbocycles. The molecule has 0 unspecified atom stereocenters. The summed E-state index contributed by atoms with van der Waals surface area (Å²) in [5.41, 5.74) is 0. The van der Waals surface area contributed by atoms with Gasteiger partial charge in [-0.25, -0.2) is 0 Å². The number of thioether (sulfide) groups is 1. The number of carbonyl (C=O) groups is 2. The maximum absolute atomic E-state index is 11.6. The van der Waals surface area contributed by atoms with Crippen LogP contribution in [0.4, 0.5) is 0 Å². The van der Waals surface area contributed by atoms with Crippen molar-refractivity contribution >= 4 is 34.4 Å². The van der Waals surface area contributed by atoms with Crippen molar-refractivity contribution in [2.45, 2.75) is 11.8 Å². The third-order valence-electron chi connectivity index (χ3n) is 2.82. The van der Waals surface area contributed by atoms with Gasteiger partial charge in [0.2, 0.25) is 0 Å². The minimum absolute atomic E-state index is 0.192. The van der Waals surface area contributed by atoms with E-state index < -0.39 is 0 Å². The highest BCUT2D eigenvalue weighted by atomic mass is 32.2. The number of carbonyl (C=O) groups excluding carboxylic acids is 2. The Morgan fingerprint density at radius 3 is 2.67 bits per heavy atom. The van der Waals surface area contributed by atoms with E-state index in [1.807, 2.05) is 49.4 Å². The molecule has 1 N–H and O–H groups in total. The molecule has 0 aliphatic rings. The molecule has 0 heterocycles. The highest BCUT2D eigenvalue weighted by Crippen LogP contribution is 2.23. The number of ether oxygens (including phenoxy) is 1. The summed E-state index contributed by atoms with van der Waals surface area (Å²) in [6.07, 6.45) is 0. The molecule has 0 radical (unpaired) electrons. The van der Waals surface area contributed by atoms with E-state index in [1.54, 1.807) is 0 Å². The van der Waals surface area contributed by atoms with Crippen LogP contribution < -0.4 is 5.32 Å². The Balaban J connectivity index is 1.83. The number of rotatable bonds is 6. The maximum atomic E-state index is 11.6. The van der Waals surface area contributed by atoms with Crippen molar-refractivity contribution in [2.75, 3.05) is 18.9 Å². The fraction of sp³-hybridized carbons (Fsp3) is 0.250. The van der Waals surface area contributed by atoms with Crippen LogP contribution in [-0.2, 0) is 14.3 Å². The van der Waals surface area contributed by atoms with E-state index in [9.17, 15) is 9.59 Å². The first kappa shape index (κ1) is 15.4. The van der Waals surface area contributed by atoms with E-state index in [0.29, 0.717) is 6.54 Å². The van der Waals surface area contributed by atoms with E-state index in [-0.39, 0.29) is 24.2 Å². The number of likely N-dealkylation sites (N-methyl/N-ethyl adjacent to an activating group) is 1. The predicted octanol–water partition coefficient (Wildman–Crippen LogP) is 2.61. The molecule has 21 heavy (non-hydrogen) atoms. The summed E-state index contributed by atoms with van der Waals surface area (Å²) in [7, 11) is 0. The second-order valence-corrected chi connectivity index (χ2v) is 5.46. The molecule has 4 nitrogen and oxygen atoms in total. The lowest BCUT2D eigenvalue weighted by Crippen LogP contribution is -2.28. The summed E-state index contributed by atoms with van der Waals surface area (Å²) in [6, 6.07) is 14.1. The summed E-state index contributed by atoms with van der Waals surface area (Å²) in [5, 5.41) is 4.88. The van der Waals surface area contributed by atoms with Crippen molar-refractivity contribution in [3.8, 4) is 0 Å². The predicted molar refractivity (Wildman–Crippen MR) is 84.3 cm³/mol. The lowest BCUT2D eigenvalue weighted by Gasteiger charge is -2.05. The average Bonchev–Trinajstić information content (AvgIpc) is 2.51. The standard InChI is InChI=1S/C16H17NO3S/c1-2-17-15(18)10-20-16(19)11-21-14-8-7-12-5-3-4-6-13(12)9-14/h3-9H,2,10-11H2,1H3,(H,17,18). The number of amides is 1. The minimum Gasteiger partial charge on any atom is -0.455 e. The normalized spacial score (nSPS) is 10.3. The van der Waals surface area contributed by atoms with Crippen molar-refractivity contribution in [1.29, 1.82) is 0 Å². The zero-order chi connectivity index (χ0) is 15.1. The highest BCUT2D eigenvalue weighted by Gasteiger charge is 2.07. The topological polar surface area (TPSA) is 55.4 Å². The Morgan fingerprint density at radius 1 is 1.14 bits per heavy atom. The lowest BCUT2D eigenvalue weighted by molar-refractivity contribution is -0.145. The summed E-state index contributed by atoms with van der Waals surface area (Å²) >= 11 is 1.40. The third kappa shape index (κ3) is 4.79. The lowest BCUT2D eigenvalue weighted by atomic mass is 10.1. The van der Waals surface area contributed by atoms with Crippen LogP contribution in [0.15, 0.2) is 47.4 Å². The Hall–Kier alpha value is -2.01. The number of benzene rings is 2. The van der Waals surface area contributed by atoms with Gasteiger partial charge in [-0.05, 0) is 29.8 Å². The van der Waals surface area contributed by atoms with Gasteiger partial charge in [0.25, 0.3) is 5.91 Å². The second kappa shape index (κ2) is 7.69. The van der Waals surface area contributed by atoms with Crippen LogP contribution in [-0.4, -0.2) is 30.8 Å². The van der Waals surface area contributed by atoms with Crippen molar-refractivity contribution < 1.29 is 14.3 Å². The number of esters is 1. The van der Waals surface area contributed by atoms with E-state index in [2.05, 4.69) is 5.32 Å². The van der Waals surface area contributed by atoms with Crippen LogP contribution in [0.2, 0.25) is 0 Å². The highest BCUT2D eigenvalue weighted by molar-refractivity contribution is 8.00. The molecule has 2 aromatic rings. The number of hydrogen-bond donors (Lipinski definition) is 1. The van der Waals surface area contributed by atoms with Gasteiger partial charge in [-0.3, -0.25) is 9.59 Å². The van der Waals surface area contributed by atoms with Crippen LogP contribution in [0.1, 0.15) is 6.92 Å². The number of nitrogens with one attached hydrogen (secondary N) is 1. The van der Waals surface area contributed by atoms with Gasteiger partial charge in [-0.1, -0.05) is 30.3 Å². The largest absolute Gasteiger partial charge is 0.455 e. The van der Waals surface area contributed by atoms with Crippen LogP contribution in [0.5, 0.6) is 0 Å². The van der Waals surface area contributed by atoms with Gasteiger partial charge < -0.3 is 10.1 Å². The molecule has 0 aliphatic carbocycles. The Bertz CT molecular complexity index is 642. The summed E-state index contributed by atoms with van der Waals surface area (Å²) in [5.74, 6) is -0.474. The first-order chi connectivity index (χ1) is 10.2. The van der Waals surface area contributed by atoms with Crippen LogP contribution in [0.25, 0.3) is 10.8 Å². The number of hydrogen-bond acceptors (Lipinski definition) is 4. The van der Waals surface area contributed by atoms with Crippen molar-refractivity contribution in [2.24, 2.45) is 0 Å². The molecular formula is C16H17NO3S. The molecule has 5 heteroatoms. The SMILES string of the molecule is CCNC(=O)COC(=O)CSc1ccc2ccccc2c1. The van der Waals surface area contributed by atoms with Crippen molar-refractivity contribution in [1.82, 2.24) is 5.32 Å². The first-order valence-corrected chi connectivity index (χ1v) is 7.71. The fourth-order valence-corrected chi connectivity index (χ4v) is 2.58. The van der Waals surface area contributed by atoms with Crippen molar-refractivity contribution in [3.63, 3.8) is 0 Å². The van der Waals surface area contributed by atoms with Gasteiger partial charge in [0.05, 0.1) is 5.75 Å². The molecule has 0 saturated heterocycles. The van der Waals surface area contributed by atoms with E-state index in [0.717, 1.165) is 10.3 Å². The third-order valence-corrected chi connectivity index (χ3v) is 3.78. The number of fused-ring (bicyclic) bond motifs is 1. The zero-order valence-electron chi connectivity index (χ0n) is 11.8. The average molecular weight is 303 g/mol. The quantitative estimate of drug-likeness (QED) is 0.658. The minimum atomic E-state index is -0.389. The molecule has 110 valence electrons. The summed E-state index contributed by atoms with van der Waals surface area (Å²) < 4.78 is 4.89. The molecule has 0 bridgehead atoms. The molecule has 0 aliphatic heterocycles. The van der Waals surface area contributed by atoms with E-state index >= 15 is 0 Å². The Kier molecular flexibility index (Phi) is 5.63. The van der Waals surface area contributed by atoms with Crippen molar-refractivity contribution in [3.05, 3.63) is 42.5 Å². The van der Waals surface area contributed by atoms with Gasteiger partial charge >= 0.3 is 5.97 Å². The maximum Gasteiger partial charge on any atom is 0.316 e. The summed E-state index contributed by atoms with van der Waals surface area (Å²) in [6.45, 7) is 2.13. The van der Waals surface area contributed by atoms with Gasteiger partial charge in [-0.2, -0.15) is 0 Å². The van der Waals surface area contributed by atoms with Gasteiger partial charge in [0.1, 0.15) is 0 Å². The molecule has 0 spiro atoms. The molecular weight excluding hydrogens is 286 g/mol. The van der Waals surface area contributed by atoms with Gasteiger partial charge in [-0.15, -0.1) is 11.8 Å². The van der Waals surface area contributed by atoms with Gasteiger partial charge in [0.15, 0.2) is 6.61 Å².